The molecule has 0 radical (unpaired) electrons. The molecule has 1 aromatic carbocycles. The van der Waals surface area contributed by atoms with Crippen LogP contribution in [0, 0.1) is 18.3 Å². The van der Waals surface area contributed by atoms with Crippen LogP contribution in [0.5, 0.6) is 0 Å². The number of hydrogen-bond acceptors (Lipinski definition) is 3. The maximum Gasteiger partial charge on any atom is 0.210 e. The van der Waals surface area contributed by atoms with Crippen molar-refractivity contribution in [3.63, 3.8) is 0 Å². The van der Waals surface area contributed by atoms with E-state index >= 15 is 0 Å². The van der Waals surface area contributed by atoms with Crippen LogP contribution in [0.15, 0.2) is 24.3 Å². The van der Waals surface area contributed by atoms with Crippen molar-refractivity contribution in [2.45, 2.75) is 13.0 Å². The molecule has 0 aliphatic rings. The van der Waals surface area contributed by atoms with E-state index in [0.29, 0.717) is 5.56 Å². The lowest BCUT2D eigenvalue weighted by Gasteiger charge is -2.10. The van der Waals surface area contributed by atoms with Gasteiger partial charge in [-0.05, 0) is 12.5 Å². The Labute approximate surface area is 89.6 Å². The van der Waals surface area contributed by atoms with Gasteiger partial charge in [-0.25, -0.2) is 8.42 Å². The van der Waals surface area contributed by atoms with E-state index in [-0.39, 0.29) is 0 Å². The molecule has 4 nitrogen and oxygen atoms in total. The first kappa shape index (κ1) is 11.7. The Kier molecular flexibility index (Phi) is 3.45. The van der Waals surface area contributed by atoms with Gasteiger partial charge in [0.1, 0.15) is 6.04 Å². The minimum absolute atomic E-state index is 0.655. The monoisotopic (exact) mass is 224 g/mol. The molecular weight excluding hydrogens is 212 g/mol. The van der Waals surface area contributed by atoms with E-state index in [9.17, 15) is 8.42 Å². The average molecular weight is 224 g/mol. The quantitative estimate of drug-likeness (QED) is 0.836. The molecule has 15 heavy (non-hydrogen) atoms. The molecule has 80 valence electrons. The highest BCUT2D eigenvalue weighted by atomic mass is 32.2. The summed E-state index contributed by atoms with van der Waals surface area (Å²) in [5.41, 5.74) is 1.64. The van der Waals surface area contributed by atoms with Crippen molar-refractivity contribution in [1.29, 1.82) is 5.26 Å². The Morgan fingerprint density at radius 2 is 2.13 bits per heavy atom. The molecule has 0 bridgehead atoms. The highest BCUT2D eigenvalue weighted by Crippen LogP contribution is 2.14. The van der Waals surface area contributed by atoms with Gasteiger partial charge in [-0.1, -0.05) is 29.8 Å². The molecule has 0 aliphatic carbocycles. The minimum Gasteiger partial charge on any atom is -0.213 e. The molecule has 1 aromatic rings. The summed E-state index contributed by atoms with van der Waals surface area (Å²) < 4.78 is 24.3. The number of sulfonamides is 1. The molecule has 1 N–H and O–H groups in total. The van der Waals surface area contributed by atoms with E-state index in [0.717, 1.165) is 11.8 Å². The third kappa shape index (κ3) is 3.70. The molecule has 0 saturated heterocycles. The van der Waals surface area contributed by atoms with Gasteiger partial charge in [0.2, 0.25) is 10.0 Å². The van der Waals surface area contributed by atoms with Gasteiger partial charge in [-0.15, -0.1) is 0 Å². The lowest BCUT2D eigenvalue weighted by atomic mass is 10.1. The summed E-state index contributed by atoms with van der Waals surface area (Å²) in [4.78, 5) is 0. The summed E-state index contributed by atoms with van der Waals surface area (Å²) in [6.07, 6.45) is 1.03. The molecule has 0 aliphatic heterocycles. The number of hydrogen-bond donors (Lipinski definition) is 1. The Morgan fingerprint density at radius 3 is 2.60 bits per heavy atom. The van der Waals surface area contributed by atoms with E-state index in [2.05, 4.69) is 4.72 Å². The van der Waals surface area contributed by atoms with Crippen LogP contribution in [0.25, 0.3) is 0 Å². The standard InChI is InChI=1S/C10H12N2O2S/c1-8-4-3-5-9(6-8)10(7-11)12-15(2,13)14/h3-6,10,12H,1-2H3. The largest absolute Gasteiger partial charge is 0.213 e. The Balaban J connectivity index is 3.00. The third-order valence-corrected chi connectivity index (χ3v) is 2.50. The molecule has 1 rings (SSSR count). The number of rotatable bonds is 3. The summed E-state index contributed by atoms with van der Waals surface area (Å²) in [6, 6.07) is 8.28. The molecule has 1 unspecified atom stereocenters. The number of nitrogens with zero attached hydrogens (tertiary/aromatic N) is 1. The van der Waals surface area contributed by atoms with Crippen LogP contribution in [0.3, 0.4) is 0 Å². The average Bonchev–Trinajstić information content (AvgIpc) is 2.13. The van der Waals surface area contributed by atoms with Crippen LogP contribution < -0.4 is 4.72 Å². The van der Waals surface area contributed by atoms with Gasteiger partial charge in [0.15, 0.2) is 0 Å². The van der Waals surface area contributed by atoms with Crippen LogP contribution in [-0.4, -0.2) is 14.7 Å². The second-order valence-corrected chi connectivity index (χ2v) is 5.15. The maximum absolute atomic E-state index is 11.0. The minimum atomic E-state index is -3.37. The van der Waals surface area contributed by atoms with Crippen LogP contribution in [0.4, 0.5) is 0 Å². The predicted octanol–water partition coefficient (Wildman–Crippen LogP) is 1.11. The van der Waals surface area contributed by atoms with Crippen molar-refractivity contribution >= 4 is 10.0 Å². The van der Waals surface area contributed by atoms with E-state index < -0.39 is 16.1 Å². The molecular formula is C10H12N2O2S. The molecule has 5 heteroatoms. The second-order valence-electron chi connectivity index (χ2n) is 3.37. The summed E-state index contributed by atoms with van der Waals surface area (Å²) in [6.45, 7) is 1.89. The van der Waals surface area contributed by atoms with Gasteiger partial charge < -0.3 is 0 Å². The van der Waals surface area contributed by atoms with Crippen molar-refractivity contribution < 1.29 is 8.42 Å². The van der Waals surface area contributed by atoms with Crippen molar-refractivity contribution in [3.8, 4) is 6.07 Å². The fraction of sp³-hybridized carbons (Fsp3) is 0.300. The summed E-state index contributed by atoms with van der Waals surface area (Å²) in [5.74, 6) is 0. The van der Waals surface area contributed by atoms with Crippen molar-refractivity contribution in [1.82, 2.24) is 4.72 Å². The van der Waals surface area contributed by atoms with E-state index in [4.69, 9.17) is 5.26 Å². The summed E-state index contributed by atoms with van der Waals surface area (Å²) >= 11 is 0. The molecule has 0 spiro atoms. The predicted molar refractivity (Wildman–Crippen MR) is 57.5 cm³/mol. The van der Waals surface area contributed by atoms with Gasteiger partial charge in [0, 0.05) is 0 Å². The van der Waals surface area contributed by atoms with Gasteiger partial charge in [0.25, 0.3) is 0 Å². The SMILES string of the molecule is Cc1cccc(C(C#N)NS(C)(=O)=O)c1. The first-order valence-electron chi connectivity index (χ1n) is 4.36. The Hall–Kier alpha value is -1.38. The lowest BCUT2D eigenvalue weighted by Crippen LogP contribution is -2.26. The van der Waals surface area contributed by atoms with Crippen molar-refractivity contribution in [2.24, 2.45) is 0 Å². The van der Waals surface area contributed by atoms with Crippen molar-refractivity contribution in [2.75, 3.05) is 6.26 Å². The normalized spacial score (nSPS) is 13.1. The molecule has 0 saturated carbocycles. The van der Waals surface area contributed by atoms with Crippen molar-refractivity contribution in [3.05, 3.63) is 35.4 Å². The van der Waals surface area contributed by atoms with E-state index in [1.807, 2.05) is 19.1 Å². The Morgan fingerprint density at radius 1 is 1.47 bits per heavy atom. The zero-order chi connectivity index (χ0) is 11.5. The molecule has 0 aromatic heterocycles. The van der Waals surface area contributed by atoms with E-state index in [1.54, 1.807) is 18.2 Å². The van der Waals surface area contributed by atoms with Gasteiger partial charge in [0.05, 0.1) is 12.3 Å². The maximum atomic E-state index is 11.0. The van der Waals surface area contributed by atoms with Crippen LogP contribution >= 0.6 is 0 Å². The smallest absolute Gasteiger partial charge is 0.210 e. The number of aryl methyl sites for hydroxylation is 1. The first-order chi connectivity index (χ1) is 6.92. The number of benzene rings is 1. The van der Waals surface area contributed by atoms with Crippen LogP contribution in [0.1, 0.15) is 17.2 Å². The molecule has 0 amide bonds. The molecule has 0 heterocycles. The van der Waals surface area contributed by atoms with Gasteiger partial charge in [-0.3, -0.25) is 0 Å². The molecule has 1 atom stereocenters. The van der Waals surface area contributed by atoms with Crippen LogP contribution in [-0.2, 0) is 10.0 Å². The topological polar surface area (TPSA) is 70.0 Å². The van der Waals surface area contributed by atoms with Gasteiger partial charge in [-0.2, -0.15) is 9.98 Å². The highest BCUT2D eigenvalue weighted by molar-refractivity contribution is 7.88. The van der Waals surface area contributed by atoms with Crippen LogP contribution in [0.2, 0.25) is 0 Å². The number of nitrogens with one attached hydrogen (secondary N) is 1. The lowest BCUT2D eigenvalue weighted by molar-refractivity contribution is 0.581. The number of nitriles is 1. The fourth-order valence-electron chi connectivity index (χ4n) is 1.23. The first-order valence-corrected chi connectivity index (χ1v) is 6.25. The second kappa shape index (κ2) is 4.43. The highest BCUT2D eigenvalue weighted by Gasteiger charge is 2.14. The van der Waals surface area contributed by atoms with E-state index in [1.165, 1.54) is 0 Å². The summed E-state index contributed by atoms with van der Waals surface area (Å²) in [5, 5.41) is 8.86. The zero-order valence-corrected chi connectivity index (χ0v) is 9.38. The fourth-order valence-corrected chi connectivity index (χ4v) is 1.85. The zero-order valence-electron chi connectivity index (χ0n) is 8.56. The third-order valence-electron chi connectivity index (χ3n) is 1.84. The molecule has 0 fully saturated rings. The Bertz CT molecular complexity index is 488. The summed E-state index contributed by atoms with van der Waals surface area (Å²) in [7, 11) is -3.37. The van der Waals surface area contributed by atoms with Gasteiger partial charge >= 0.3 is 0 Å².